The smallest absolute Gasteiger partial charge is 0.0896 e. The summed E-state index contributed by atoms with van der Waals surface area (Å²) in [6, 6.07) is 0. The van der Waals surface area contributed by atoms with E-state index in [-0.39, 0.29) is 5.41 Å². The summed E-state index contributed by atoms with van der Waals surface area (Å²) in [5.41, 5.74) is 5.85. The van der Waals surface area contributed by atoms with Crippen LogP contribution in [0.1, 0.15) is 23.7 Å². The Hall–Kier alpha value is -0.410. The van der Waals surface area contributed by atoms with Gasteiger partial charge in [0.05, 0.1) is 5.01 Å². The second-order valence-corrected chi connectivity index (χ2v) is 5.21. The molecule has 0 aliphatic carbocycles. The molecule has 0 radical (unpaired) electrons. The maximum absolute atomic E-state index is 5.65. The third-order valence-electron chi connectivity index (χ3n) is 1.87. The maximum Gasteiger partial charge on any atom is 0.0896 e. The molecule has 0 saturated heterocycles. The molecule has 0 aromatic carbocycles. The van der Waals surface area contributed by atoms with Crippen molar-refractivity contribution in [3.05, 3.63) is 16.1 Å². The zero-order chi connectivity index (χ0) is 9.19. The van der Waals surface area contributed by atoms with Gasteiger partial charge >= 0.3 is 0 Å². The first-order chi connectivity index (χ1) is 5.53. The number of hydrogen-bond acceptors (Lipinski definition) is 3. The van der Waals surface area contributed by atoms with Crippen LogP contribution >= 0.6 is 11.3 Å². The topological polar surface area (TPSA) is 38.9 Å². The van der Waals surface area contributed by atoms with E-state index in [1.165, 1.54) is 4.88 Å². The van der Waals surface area contributed by atoms with Crippen molar-refractivity contribution in [1.29, 1.82) is 0 Å². The van der Waals surface area contributed by atoms with Crippen LogP contribution in [-0.2, 0) is 6.42 Å². The fourth-order valence-corrected chi connectivity index (χ4v) is 2.08. The van der Waals surface area contributed by atoms with Crippen LogP contribution in [0, 0.1) is 12.3 Å². The Kier molecular flexibility index (Phi) is 2.85. The second-order valence-electron chi connectivity index (χ2n) is 3.89. The Morgan fingerprint density at radius 2 is 2.25 bits per heavy atom. The van der Waals surface area contributed by atoms with Gasteiger partial charge in [-0.3, -0.25) is 0 Å². The number of rotatable bonds is 3. The molecule has 1 rings (SSSR count). The van der Waals surface area contributed by atoms with Crippen molar-refractivity contribution in [2.45, 2.75) is 27.2 Å². The Morgan fingerprint density at radius 1 is 1.58 bits per heavy atom. The largest absolute Gasteiger partial charge is 0.330 e. The van der Waals surface area contributed by atoms with Crippen molar-refractivity contribution in [3.63, 3.8) is 0 Å². The monoisotopic (exact) mass is 184 g/mol. The van der Waals surface area contributed by atoms with E-state index in [2.05, 4.69) is 18.8 Å². The van der Waals surface area contributed by atoms with Crippen molar-refractivity contribution in [1.82, 2.24) is 4.98 Å². The molecule has 1 heterocycles. The molecule has 0 aliphatic rings. The fourth-order valence-electron chi connectivity index (χ4n) is 1.03. The lowest BCUT2D eigenvalue weighted by atomic mass is 9.89. The minimum atomic E-state index is 0.207. The van der Waals surface area contributed by atoms with Gasteiger partial charge in [0.15, 0.2) is 0 Å². The molecule has 0 bridgehead atoms. The Balaban J connectivity index is 2.63. The van der Waals surface area contributed by atoms with E-state index in [9.17, 15) is 0 Å². The summed E-state index contributed by atoms with van der Waals surface area (Å²) >= 11 is 1.76. The highest BCUT2D eigenvalue weighted by Crippen LogP contribution is 2.23. The van der Waals surface area contributed by atoms with Crippen LogP contribution in [0.25, 0.3) is 0 Å². The van der Waals surface area contributed by atoms with Gasteiger partial charge in [0, 0.05) is 11.1 Å². The van der Waals surface area contributed by atoms with Gasteiger partial charge in [0.2, 0.25) is 0 Å². The number of thiazole rings is 1. The highest BCUT2D eigenvalue weighted by Gasteiger charge is 2.17. The van der Waals surface area contributed by atoms with Crippen LogP contribution in [0.5, 0.6) is 0 Å². The van der Waals surface area contributed by atoms with Gasteiger partial charge in [-0.2, -0.15) is 0 Å². The van der Waals surface area contributed by atoms with Crippen LogP contribution < -0.4 is 5.73 Å². The van der Waals surface area contributed by atoms with Gasteiger partial charge in [0.1, 0.15) is 0 Å². The van der Waals surface area contributed by atoms with E-state index in [0.29, 0.717) is 0 Å². The molecular formula is C9H16N2S. The van der Waals surface area contributed by atoms with Crippen molar-refractivity contribution in [2.75, 3.05) is 6.54 Å². The standard InChI is InChI=1S/C9H16N2S/c1-7-11-5-8(12-7)4-9(2,3)6-10/h5H,4,6,10H2,1-3H3. The van der Waals surface area contributed by atoms with Crippen molar-refractivity contribution >= 4 is 11.3 Å². The van der Waals surface area contributed by atoms with Crippen LogP contribution in [0.2, 0.25) is 0 Å². The fraction of sp³-hybridized carbons (Fsp3) is 0.667. The predicted octanol–water partition coefficient (Wildman–Crippen LogP) is 1.98. The molecule has 2 nitrogen and oxygen atoms in total. The number of nitrogens with two attached hydrogens (primary N) is 1. The molecule has 0 atom stereocenters. The summed E-state index contributed by atoms with van der Waals surface area (Å²) in [5.74, 6) is 0. The molecule has 2 N–H and O–H groups in total. The van der Waals surface area contributed by atoms with Crippen LogP contribution in [-0.4, -0.2) is 11.5 Å². The molecule has 0 amide bonds. The van der Waals surface area contributed by atoms with E-state index in [1.54, 1.807) is 11.3 Å². The number of aromatic nitrogens is 1. The molecule has 1 aromatic rings. The van der Waals surface area contributed by atoms with Crippen molar-refractivity contribution in [2.24, 2.45) is 11.1 Å². The Labute approximate surface area is 77.8 Å². The van der Waals surface area contributed by atoms with Crippen LogP contribution in [0.15, 0.2) is 6.20 Å². The third kappa shape index (κ3) is 2.57. The highest BCUT2D eigenvalue weighted by molar-refractivity contribution is 7.11. The average Bonchev–Trinajstić information content (AvgIpc) is 2.35. The van der Waals surface area contributed by atoms with Crippen LogP contribution in [0.4, 0.5) is 0 Å². The molecule has 1 aromatic heterocycles. The highest BCUT2D eigenvalue weighted by atomic mass is 32.1. The maximum atomic E-state index is 5.65. The summed E-state index contributed by atoms with van der Waals surface area (Å²) in [6.07, 6.45) is 2.99. The Morgan fingerprint density at radius 3 is 2.67 bits per heavy atom. The first kappa shape index (κ1) is 9.68. The van der Waals surface area contributed by atoms with Gasteiger partial charge in [-0.15, -0.1) is 11.3 Å². The molecule has 0 fully saturated rings. The molecule has 0 saturated carbocycles. The normalized spacial score (nSPS) is 12.0. The van der Waals surface area contributed by atoms with Gasteiger partial charge < -0.3 is 5.73 Å². The van der Waals surface area contributed by atoms with Gasteiger partial charge in [-0.25, -0.2) is 4.98 Å². The van der Waals surface area contributed by atoms with Gasteiger partial charge in [-0.1, -0.05) is 13.8 Å². The van der Waals surface area contributed by atoms with E-state index < -0.39 is 0 Å². The zero-order valence-electron chi connectivity index (χ0n) is 7.92. The quantitative estimate of drug-likeness (QED) is 0.780. The molecule has 3 heteroatoms. The minimum Gasteiger partial charge on any atom is -0.330 e. The first-order valence-electron chi connectivity index (χ1n) is 4.15. The summed E-state index contributed by atoms with van der Waals surface area (Å²) in [7, 11) is 0. The molecule has 0 unspecified atom stereocenters. The summed E-state index contributed by atoms with van der Waals surface area (Å²) in [5, 5.41) is 1.14. The van der Waals surface area contributed by atoms with E-state index in [1.807, 2.05) is 13.1 Å². The number of nitrogens with zero attached hydrogens (tertiary/aromatic N) is 1. The number of hydrogen-bond donors (Lipinski definition) is 1. The van der Waals surface area contributed by atoms with Crippen molar-refractivity contribution in [3.8, 4) is 0 Å². The molecule has 0 spiro atoms. The minimum absolute atomic E-state index is 0.207. The lowest BCUT2D eigenvalue weighted by molar-refractivity contribution is 0.379. The van der Waals surface area contributed by atoms with Gasteiger partial charge in [0.25, 0.3) is 0 Å². The summed E-state index contributed by atoms with van der Waals surface area (Å²) in [4.78, 5) is 5.55. The lowest BCUT2D eigenvalue weighted by Gasteiger charge is -2.20. The van der Waals surface area contributed by atoms with Crippen LogP contribution in [0.3, 0.4) is 0 Å². The molecule has 0 aliphatic heterocycles. The van der Waals surface area contributed by atoms with E-state index in [0.717, 1.165) is 18.0 Å². The molecule has 68 valence electrons. The lowest BCUT2D eigenvalue weighted by Crippen LogP contribution is -2.25. The van der Waals surface area contributed by atoms with Gasteiger partial charge in [-0.05, 0) is 25.3 Å². The SMILES string of the molecule is Cc1ncc(CC(C)(C)CN)s1. The summed E-state index contributed by atoms with van der Waals surface area (Å²) in [6.45, 7) is 7.12. The summed E-state index contributed by atoms with van der Waals surface area (Å²) < 4.78 is 0. The Bertz CT molecular complexity index is 253. The average molecular weight is 184 g/mol. The van der Waals surface area contributed by atoms with E-state index in [4.69, 9.17) is 5.73 Å². The molecule has 12 heavy (non-hydrogen) atoms. The first-order valence-corrected chi connectivity index (χ1v) is 4.96. The molecular weight excluding hydrogens is 168 g/mol. The van der Waals surface area contributed by atoms with Crippen molar-refractivity contribution < 1.29 is 0 Å². The predicted molar refractivity (Wildman–Crippen MR) is 53.4 cm³/mol. The zero-order valence-corrected chi connectivity index (χ0v) is 8.74. The second kappa shape index (κ2) is 3.54. The van der Waals surface area contributed by atoms with E-state index >= 15 is 0 Å². The number of aryl methyl sites for hydroxylation is 1. The third-order valence-corrected chi connectivity index (χ3v) is 2.79.